The zero-order chi connectivity index (χ0) is 17.4. The number of carbonyl (C=O) groups excluding carboxylic acids is 3. The molecule has 2 aliphatic heterocycles. The molecule has 0 saturated carbocycles. The van der Waals surface area contributed by atoms with Crippen molar-refractivity contribution >= 4 is 23.4 Å². The summed E-state index contributed by atoms with van der Waals surface area (Å²) in [5.41, 5.74) is 7.97. The molecular weight excluding hydrogens is 306 g/mol. The van der Waals surface area contributed by atoms with Crippen LogP contribution in [0, 0.1) is 19.8 Å². The van der Waals surface area contributed by atoms with Gasteiger partial charge < -0.3 is 5.73 Å². The Balaban J connectivity index is 1.78. The van der Waals surface area contributed by atoms with Gasteiger partial charge in [0.2, 0.25) is 11.8 Å². The summed E-state index contributed by atoms with van der Waals surface area (Å²) in [6.45, 7) is 5.09. The number of amides is 3. The fourth-order valence-electron chi connectivity index (χ4n) is 3.61. The van der Waals surface area contributed by atoms with Gasteiger partial charge in [-0.1, -0.05) is 12.1 Å². The number of hydrogen-bond acceptors (Lipinski definition) is 4. The number of anilines is 1. The Bertz CT molecular complexity index is 693. The molecule has 6 nitrogen and oxygen atoms in total. The maximum absolute atomic E-state index is 12.9. The molecule has 2 saturated heterocycles. The van der Waals surface area contributed by atoms with Crippen molar-refractivity contribution in [1.82, 2.24) is 4.90 Å². The Morgan fingerprint density at radius 3 is 2.46 bits per heavy atom. The lowest BCUT2D eigenvalue weighted by Crippen LogP contribution is -2.47. The van der Waals surface area contributed by atoms with E-state index in [2.05, 4.69) is 0 Å². The first-order valence-electron chi connectivity index (χ1n) is 8.36. The second-order valence-corrected chi connectivity index (χ2v) is 6.79. The Hall–Kier alpha value is -2.21. The van der Waals surface area contributed by atoms with Crippen LogP contribution in [-0.4, -0.2) is 41.8 Å². The molecule has 2 N–H and O–H groups in total. The highest BCUT2D eigenvalue weighted by Gasteiger charge is 2.44. The summed E-state index contributed by atoms with van der Waals surface area (Å²) in [5.74, 6) is -0.717. The maximum atomic E-state index is 12.9. The predicted molar refractivity (Wildman–Crippen MR) is 90.3 cm³/mol. The van der Waals surface area contributed by atoms with Crippen LogP contribution in [0.25, 0.3) is 0 Å². The fraction of sp³-hybridized carbons (Fsp3) is 0.500. The molecule has 2 fully saturated rings. The highest BCUT2D eigenvalue weighted by Crippen LogP contribution is 2.30. The van der Waals surface area contributed by atoms with Crippen LogP contribution in [0.1, 0.15) is 30.4 Å². The van der Waals surface area contributed by atoms with E-state index in [1.54, 1.807) is 0 Å². The Morgan fingerprint density at radius 2 is 1.83 bits per heavy atom. The highest BCUT2D eigenvalue weighted by atomic mass is 16.2. The molecule has 6 heteroatoms. The van der Waals surface area contributed by atoms with Crippen molar-refractivity contribution in [2.75, 3.05) is 18.0 Å². The van der Waals surface area contributed by atoms with E-state index in [1.807, 2.05) is 36.9 Å². The van der Waals surface area contributed by atoms with Gasteiger partial charge in [0, 0.05) is 5.92 Å². The maximum Gasteiger partial charge on any atom is 0.251 e. The summed E-state index contributed by atoms with van der Waals surface area (Å²) in [6, 6.07) is 5.35. The number of rotatable bonds is 3. The number of primary amides is 1. The van der Waals surface area contributed by atoms with Gasteiger partial charge in [-0.2, -0.15) is 0 Å². The van der Waals surface area contributed by atoms with Gasteiger partial charge in [-0.3, -0.25) is 19.3 Å². The molecule has 2 aliphatic rings. The van der Waals surface area contributed by atoms with Gasteiger partial charge in [0.1, 0.15) is 0 Å². The second-order valence-electron chi connectivity index (χ2n) is 6.79. The van der Waals surface area contributed by atoms with Gasteiger partial charge in [0.05, 0.1) is 18.2 Å². The van der Waals surface area contributed by atoms with Crippen molar-refractivity contribution in [1.29, 1.82) is 0 Å². The third-order valence-electron chi connectivity index (χ3n) is 5.10. The second kappa shape index (κ2) is 6.36. The predicted octanol–water partition coefficient (Wildman–Crippen LogP) is 1.13. The smallest absolute Gasteiger partial charge is 0.251 e. The Labute approximate surface area is 141 Å². The fourth-order valence-corrected chi connectivity index (χ4v) is 3.61. The molecule has 24 heavy (non-hydrogen) atoms. The minimum Gasteiger partial charge on any atom is -0.369 e. The van der Waals surface area contributed by atoms with Crippen molar-refractivity contribution in [3.05, 3.63) is 29.3 Å². The monoisotopic (exact) mass is 329 g/mol. The van der Waals surface area contributed by atoms with E-state index in [0.717, 1.165) is 11.1 Å². The molecule has 0 aliphatic carbocycles. The van der Waals surface area contributed by atoms with Gasteiger partial charge in [0.25, 0.3) is 5.91 Å². The molecule has 0 unspecified atom stereocenters. The van der Waals surface area contributed by atoms with E-state index in [4.69, 9.17) is 5.73 Å². The molecule has 3 rings (SSSR count). The number of nitrogens with zero attached hydrogens (tertiary/aromatic N) is 2. The summed E-state index contributed by atoms with van der Waals surface area (Å²) in [4.78, 5) is 40.0. The van der Waals surface area contributed by atoms with Gasteiger partial charge in [-0.25, -0.2) is 4.90 Å². The molecule has 1 aromatic carbocycles. The molecule has 1 aromatic rings. The van der Waals surface area contributed by atoms with E-state index in [1.165, 1.54) is 4.90 Å². The molecule has 0 aromatic heterocycles. The molecule has 3 amide bonds. The van der Waals surface area contributed by atoms with E-state index in [9.17, 15) is 14.4 Å². The van der Waals surface area contributed by atoms with Crippen LogP contribution in [0.4, 0.5) is 5.69 Å². The average Bonchev–Trinajstić information content (AvgIpc) is 2.84. The molecule has 1 atom stereocenters. The first kappa shape index (κ1) is 16.6. The van der Waals surface area contributed by atoms with E-state index >= 15 is 0 Å². The van der Waals surface area contributed by atoms with E-state index in [-0.39, 0.29) is 30.1 Å². The van der Waals surface area contributed by atoms with Crippen molar-refractivity contribution < 1.29 is 14.4 Å². The number of hydrogen-bond donors (Lipinski definition) is 1. The quantitative estimate of drug-likeness (QED) is 0.843. The SMILES string of the molecule is Cc1ccc(C)c(N2C(=O)C[C@H](N3CCC(C(N)=O)CC3)C2=O)c1. The number of likely N-dealkylation sites (tertiary alicyclic amines) is 1. The van der Waals surface area contributed by atoms with Crippen molar-refractivity contribution in [2.24, 2.45) is 11.7 Å². The number of benzene rings is 1. The summed E-state index contributed by atoms with van der Waals surface area (Å²) in [7, 11) is 0. The zero-order valence-corrected chi connectivity index (χ0v) is 14.1. The van der Waals surface area contributed by atoms with Crippen LogP contribution < -0.4 is 10.6 Å². The zero-order valence-electron chi connectivity index (χ0n) is 14.1. The van der Waals surface area contributed by atoms with Crippen molar-refractivity contribution in [3.63, 3.8) is 0 Å². The van der Waals surface area contributed by atoms with Gasteiger partial charge in [-0.15, -0.1) is 0 Å². The van der Waals surface area contributed by atoms with Gasteiger partial charge in [0.15, 0.2) is 0 Å². The van der Waals surface area contributed by atoms with Crippen LogP contribution in [0.3, 0.4) is 0 Å². The molecule has 2 heterocycles. The van der Waals surface area contributed by atoms with Crippen molar-refractivity contribution in [2.45, 2.75) is 39.2 Å². The molecular formula is C18H23N3O3. The topological polar surface area (TPSA) is 83.7 Å². The lowest BCUT2D eigenvalue weighted by molar-refractivity contribution is -0.124. The van der Waals surface area contributed by atoms with Gasteiger partial charge >= 0.3 is 0 Å². The minimum absolute atomic E-state index is 0.122. The van der Waals surface area contributed by atoms with Crippen LogP contribution in [0.2, 0.25) is 0 Å². The van der Waals surface area contributed by atoms with Crippen LogP contribution in [-0.2, 0) is 14.4 Å². The van der Waals surface area contributed by atoms with Crippen LogP contribution >= 0.6 is 0 Å². The molecule has 0 bridgehead atoms. The van der Waals surface area contributed by atoms with Gasteiger partial charge in [-0.05, 0) is 57.0 Å². The summed E-state index contributed by atoms with van der Waals surface area (Å²) < 4.78 is 0. The first-order chi connectivity index (χ1) is 11.4. The Kier molecular flexibility index (Phi) is 4.41. The summed E-state index contributed by atoms with van der Waals surface area (Å²) in [6.07, 6.45) is 1.50. The largest absolute Gasteiger partial charge is 0.369 e. The van der Waals surface area contributed by atoms with Crippen LogP contribution in [0.5, 0.6) is 0 Å². The average molecular weight is 329 g/mol. The lowest BCUT2D eigenvalue weighted by atomic mass is 9.95. The lowest BCUT2D eigenvalue weighted by Gasteiger charge is -2.33. The number of piperidine rings is 1. The highest BCUT2D eigenvalue weighted by molar-refractivity contribution is 6.22. The molecule has 0 spiro atoms. The Morgan fingerprint density at radius 1 is 1.17 bits per heavy atom. The molecule has 128 valence electrons. The normalized spacial score (nSPS) is 23.1. The number of aryl methyl sites for hydroxylation is 2. The summed E-state index contributed by atoms with van der Waals surface area (Å²) >= 11 is 0. The number of imide groups is 1. The van der Waals surface area contributed by atoms with E-state index in [0.29, 0.717) is 31.6 Å². The van der Waals surface area contributed by atoms with Crippen molar-refractivity contribution in [3.8, 4) is 0 Å². The molecule has 0 radical (unpaired) electrons. The number of nitrogens with two attached hydrogens (primary N) is 1. The van der Waals surface area contributed by atoms with Crippen LogP contribution in [0.15, 0.2) is 18.2 Å². The summed E-state index contributed by atoms with van der Waals surface area (Å²) in [5, 5.41) is 0. The first-order valence-corrected chi connectivity index (χ1v) is 8.36. The van der Waals surface area contributed by atoms with E-state index < -0.39 is 6.04 Å². The third kappa shape index (κ3) is 2.94. The minimum atomic E-state index is -0.425. The third-order valence-corrected chi connectivity index (χ3v) is 5.10. The standard InChI is InChI=1S/C18H23N3O3/c1-11-3-4-12(2)14(9-11)21-16(22)10-15(18(21)24)20-7-5-13(6-8-20)17(19)23/h3-4,9,13,15H,5-8,10H2,1-2H3,(H2,19,23)/t15-/m0/s1. The number of carbonyl (C=O) groups is 3.